The zero-order chi connectivity index (χ0) is 63.1. The number of aliphatic hydroxyl groups excluding tert-OH is 4. The van der Waals surface area contributed by atoms with E-state index in [1.807, 2.05) is 0 Å². The number of cyclic esters (lactones) is 2. The summed E-state index contributed by atoms with van der Waals surface area (Å²) in [5.41, 5.74) is 4.03. The van der Waals surface area contributed by atoms with Crippen LogP contribution in [0.15, 0.2) is 48.5 Å². The highest BCUT2D eigenvalue weighted by Crippen LogP contribution is 2.59. The average molecular weight is 1280 g/mol. The first-order valence-electron chi connectivity index (χ1n) is 28.3. The minimum atomic E-state index is -4.64. The molecular formula is C58H67O30P. The van der Waals surface area contributed by atoms with Gasteiger partial charge in [0.25, 0.3) is 0 Å². The summed E-state index contributed by atoms with van der Waals surface area (Å²) < 4.78 is 112. The van der Waals surface area contributed by atoms with Crippen LogP contribution in [0, 0.1) is 23.7 Å². The predicted molar refractivity (Wildman–Crippen MR) is 291 cm³/mol. The van der Waals surface area contributed by atoms with Crippen LogP contribution in [0.3, 0.4) is 0 Å². The lowest BCUT2D eigenvalue weighted by molar-refractivity contribution is -0.364. The molecule has 0 aromatic heterocycles. The Kier molecular flexibility index (Phi) is 17.5. The largest absolute Gasteiger partial charge is 0.502 e. The van der Waals surface area contributed by atoms with Gasteiger partial charge in [-0.1, -0.05) is 0 Å². The van der Waals surface area contributed by atoms with Gasteiger partial charge < -0.3 is 131 Å². The maximum absolute atomic E-state index is 13.4. The molecule has 31 heteroatoms. The number of benzene rings is 4. The van der Waals surface area contributed by atoms with E-state index in [0.29, 0.717) is 56.4 Å². The maximum atomic E-state index is 13.4. The summed E-state index contributed by atoms with van der Waals surface area (Å²) in [4.78, 5) is 48.3. The minimum absolute atomic E-state index is 0.0301. The fourth-order valence-electron chi connectivity index (χ4n) is 13.5. The number of methoxy groups -OCH3 is 4. The van der Waals surface area contributed by atoms with Crippen molar-refractivity contribution in [1.82, 2.24) is 0 Å². The van der Waals surface area contributed by atoms with E-state index in [0.717, 1.165) is 0 Å². The molecule has 14 rings (SSSR count). The molecule has 30 nitrogen and oxygen atoms in total. The van der Waals surface area contributed by atoms with Crippen LogP contribution in [0.1, 0.15) is 71.3 Å². The molecule has 9 N–H and O–H groups in total. The molecule has 8 heterocycles. The van der Waals surface area contributed by atoms with Crippen LogP contribution in [0.4, 0.5) is 0 Å². The van der Waals surface area contributed by atoms with Gasteiger partial charge in [0, 0.05) is 23.7 Å². The third-order valence-corrected chi connectivity index (χ3v) is 17.5. The SMILES string of the molecule is COc1cc([C@@H]2c3cc4c(cc3C(O[C@@H]3O[C@@H]5CO[C@@H](C)O[C@H]5[C@H](O)[C@H]3O)C3COC(=O)[C@@H]32)OCO4)cc(OC)c1O.COc1cc([C@@H]2c3cc4c(cc3C(O[C@@H]3O[C@@H]5CO[C@@H](C)O[C@H]5[C@H](O)[C@H]3O)C3COC(=O)[C@@H]32)OCO4)cc(OC)c1O.O=P(O)(O)O. The first-order chi connectivity index (χ1) is 42.6. The van der Waals surface area contributed by atoms with E-state index in [-0.39, 0.29) is 74.5 Å². The number of carbonyl (C=O) groups excluding carboxylic acids is 2. The average Bonchev–Trinajstić information content (AvgIpc) is 1.88. The number of esters is 2. The molecule has 10 aliphatic rings. The van der Waals surface area contributed by atoms with Gasteiger partial charge in [-0.2, -0.15) is 0 Å². The van der Waals surface area contributed by atoms with Crippen LogP contribution in [0.25, 0.3) is 0 Å². The Hall–Kier alpha value is -6.55. The van der Waals surface area contributed by atoms with Crippen LogP contribution >= 0.6 is 7.82 Å². The molecule has 8 aliphatic heterocycles. The van der Waals surface area contributed by atoms with E-state index in [9.17, 15) is 40.2 Å². The predicted octanol–water partition coefficient (Wildman–Crippen LogP) is 1.75. The van der Waals surface area contributed by atoms with E-state index < -0.39 is 141 Å². The van der Waals surface area contributed by atoms with Gasteiger partial charge in [0.15, 0.2) is 71.2 Å². The zero-order valence-electron chi connectivity index (χ0n) is 48.5. The van der Waals surface area contributed by atoms with Crippen molar-refractivity contribution in [2.24, 2.45) is 23.7 Å². The fraction of sp³-hybridized carbons (Fsp3) is 0.552. The highest BCUT2D eigenvalue weighted by Gasteiger charge is 2.58. The maximum Gasteiger partial charge on any atom is 0.466 e. The first-order valence-corrected chi connectivity index (χ1v) is 29.9. The molecular weight excluding hydrogens is 1210 g/mol. The van der Waals surface area contributed by atoms with Gasteiger partial charge in [0.2, 0.25) is 25.1 Å². The normalized spacial score (nSPS) is 35.1. The molecule has 4 aromatic rings. The molecule has 6 fully saturated rings. The molecule has 0 bridgehead atoms. The number of rotatable bonds is 10. The molecule has 6 saturated heterocycles. The molecule has 0 radical (unpaired) electrons. The lowest BCUT2D eigenvalue weighted by Crippen LogP contribution is -2.63. The van der Waals surface area contributed by atoms with Crippen molar-refractivity contribution in [3.05, 3.63) is 81.9 Å². The topological polar surface area (TPSA) is 399 Å². The number of phenols is 2. The van der Waals surface area contributed by atoms with Crippen LogP contribution in [0.2, 0.25) is 0 Å². The van der Waals surface area contributed by atoms with Crippen LogP contribution in [-0.2, 0) is 61.5 Å². The van der Waals surface area contributed by atoms with Crippen molar-refractivity contribution in [2.75, 3.05) is 68.5 Å². The van der Waals surface area contributed by atoms with Crippen LogP contribution in [0.5, 0.6) is 57.5 Å². The molecule has 484 valence electrons. The summed E-state index contributed by atoms with van der Waals surface area (Å²) in [6.07, 6.45) is -13.6. The van der Waals surface area contributed by atoms with E-state index in [1.54, 1.807) is 62.4 Å². The first kappa shape index (κ1) is 62.6. The number of hydrogen-bond donors (Lipinski definition) is 9. The summed E-state index contributed by atoms with van der Waals surface area (Å²) in [5, 5.41) is 65.0. The van der Waals surface area contributed by atoms with Crippen LogP contribution in [-0.4, -0.2) is 200 Å². The number of aromatic hydroxyl groups is 2. The third-order valence-electron chi connectivity index (χ3n) is 17.5. The monoisotopic (exact) mass is 1270 g/mol. The van der Waals surface area contributed by atoms with Crippen molar-refractivity contribution in [3.8, 4) is 57.5 Å². The van der Waals surface area contributed by atoms with Gasteiger partial charge in [-0.25, -0.2) is 4.57 Å². The Morgan fingerprint density at radius 2 is 0.787 bits per heavy atom. The van der Waals surface area contributed by atoms with Gasteiger partial charge in [-0.15, -0.1) is 0 Å². The molecule has 0 amide bonds. The Morgan fingerprint density at radius 1 is 0.461 bits per heavy atom. The number of phosphoric acid groups is 1. The number of fused-ring (bicyclic) bond motifs is 8. The summed E-state index contributed by atoms with van der Waals surface area (Å²) in [6, 6.07) is 13.9. The van der Waals surface area contributed by atoms with E-state index in [4.69, 9.17) is 105 Å². The lowest BCUT2D eigenvalue weighted by atomic mass is 9.66. The summed E-state index contributed by atoms with van der Waals surface area (Å²) >= 11 is 0. The third kappa shape index (κ3) is 11.7. The number of aliphatic hydroxyl groups is 4. The Balaban J connectivity index is 0.000000161. The van der Waals surface area contributed by atoms with E-state index >= 15 is 0 Å². The van der Waals surface area contributed by atoms with Gasteiger partial charge in [-0.3, -0.25) is 9.59 Å². The number of phenolic OH excluding ortho intramolecular Hbond substituents is 2. The van der Waals surface area contributed by atoms with Crippen molar-refractivity contribution in [1.29, 1.82) is 0 Å². The Labute approximate surface area is 506 Å². The Bertz CT molecular complexity index is 3090. The minimum Gasteiger partial charge on any atom is -0.502 e. The standard InChI is InChI=1S/2C29H32O13.H3O4P/c2*1-11-36-9-20-27(40-11)24(31)25(32)29(41-20)42-26-14-7-17-16(38-10-39-17)6-13(14)21(22-15(26)8-37-28(22)33)12-4-18(34-2)23(30)19(5-12)35-3;1-5(2,3)4/h2*4-7,11,15,20-22,24-27,29-32H,8-10H2,1-3H3;(H3,1,2,3,4)/t2*11-,15?,20-,21-,22+,24-,25-,26?,27-,29+;/m11./s1. The van der Waals surface area contributed by atoms with Gasteiger partial charge >= 0.3 is 19.8 Å². The molecule has 4 aromatic carbocycles. The molecule has 4 unspecified atom stereocenters. The lowest BCUT2D eigenvalue weighted by Gasteiger charge is -2.47. The summed E-state index contributed by atoms with van der Waals surface area (Å²) in [7, 11) is 1.08. The molecule has 20 atom stereocenters. The Morgan fingerprint density at radius 3 is 1.11 bits per heavy atom. The van der Waals surface area contributed by atoms with Gasteiger partial charge in [-0.05, 0) is 95.8 Å². The molecule has 89 heavy (non-hydrogen) atoms. The fourth-order valence-corrected chi connectivity index (χ4v) is 13.5. The van der Waals surface area contributed by atoms with Crippen molar-refractivity contribution in [2.45, 2.75) is 112 Å². The zero-order valence-corrected chi connectivity index (χ0v) is 49.3. The van der Waals surface area contributed by atoms with E-state index in [2.05, 4.69) is 0 Å². The quantitative estimate of drug-likeness (QED) is 0.0806. The second-order valence-corrected chi connectivity index (χ2v) is 23.5. The molecule has 0 spiro atoms. The number of hydrogen-bond acceptors (Lipinski definition) is 27. The summed E-state index contributed by atoms with van der Waals surface area (Å²) in [5.74, 6) is -2.05. The van der Waals surface area contributed by atoms with Crippen molar-refractivity contribution >= 4 is 19.8 Å². The van der Waals surface area contributed by atoms with Crippen LogP contribution < -0.4 is 37.9 Å². The highest BCUT2D eigenvalue weighted by atomic mass is 31.2. The second kappa shape index (κ2) is 24.9. The summed E-state index contributed by atoms with van der Waals surface area (Å²) in [6.45, 7) is 3.86. The highest BCUT2D eigenvalue weighted by molar-refractivity contribution is 7.45. The second-order valence-electron chi connectivity index (χ2n) is 22.5. The van der Waals surface area contributed by atoms with Gasteiger partial charge in [0.1, 0.15) is 48.8 Å². The smallest absolute Gasteiger partial charge is 0.466 e. The number of carbonyl (C=O) groups is 2. The molecule has 0 saturated carbocycles. The number of ether oxygens (including phenoxy) is 18. The van der Waals surface area contributed by atoms with Crippen molar-refractivity contribution < 1.29 is 145 Å². The van der Waals surface area contributed by atoms with Gasteiger partial charge in [0.05, 0.1) is 78.9 Å². The van der Waals surface area contributed by atoms with Crippen molar-refractivity contribution in [3.63, 3.8) is 0 Å². The molecule has 2 aliphatic carbocycles. The van der Waals surface area contributed by atoms with E-state index in [1.165, 1.54) is 28.4 Å².